The van der Waals surface area contributed by atoms with Gasteiger partial charge in [-0.2, -0.15) is 0 Å². The van der Waals surface area contributed by atoms with E-state index in [9.17, 15) is 9.59 Å². The Morgan fingerprint density at radius 2 is 1.60 bits per heavy atom. The highest BCUT2D eigenvalue weighted by Gasteiger charge is 2.37. The Balaban J connectivity index is 1.74. The SMILES string of the molecule is Cn1cc(C2=C(c3c4c(n5ccccc35)CCCC4)C(=O)NC2=O)c2ccccc21. The summed E-state index contributed by atoms with van der Waals surface area (Å²) in [5.74, 6) is -0.612. The second-order valence-electron chi connectivity index (χ2n) is 8.17. The minimum absolute atomic E-state index is 0.298. The van der Waals surface area contributed by atoms with E-state index in [1.807, 2.05) is 54.2 Å². The summed E-state index contributed by atoms with van der Waals surface area (Å²) in [4.78, 5) is 26.2. The van der Waals surface area contributed by atoms with E-state index in [-0.39, 0.29) is 11.8 Å². The number of aryl methyl sites for hydroxylation is 2. The lowest BCUT2D eigenvalue weighted by Crippen LogP contribution is -2.23. The van der Waals surface area contributed by atoms with Crippen LogP contribution >= 0.6 is 0 Å². The van der Waals surface area contributed by atoms with E-state index in [0.717, 1.165) is 53.2 Å². The highest BCUT2D eigenvalue weighted by Crippen LogP contribution is 2.41. The van der Waals surface area contributed by atoms with E-state index >= 15 is 0 Å². The third-order valence-electron chi connectivity index (χ3n) is 6.49. The Hall–Kier alpha value is -3.60. The molecule has 30 heavy (non-hydrogen) atoms. The number of hydrogen-bond donors (Lipinski definition) is 1. The fourth-order valence-corrected chi connectivity index (χ4v) is 5.23. The molecule has 6 rings (SSSR count). The fourth-order valence-electron chi connectivity index (χ4n) is 5.23. The molecule has 0 saturated carbocycles. The first-order valence-electron chi connectivity index (χ1n) is 10.4. The summed E-state index contributed by atoms with van der Waals surface area (Å²) in [5.41, 5.74) is 7.26. The van der Waals surface area contributed by atoms with Gasteiger partial charge in [0.2, 0.25) is 0 Å². The smallest absolute Gasteiger partial charge is 0.259 e. The molecule has 0 atom stereocenters. The third kappa shape index (κ3) is 2.23. The van der Waals surface area contributed by atoms with Crippen LogP contribution in [0.15, 0.2) is 54.9 Å². The number of amides is 2. The van der Waals surface area contributed by atoms with Gasteiger partial charge in [0, 0.05) is 47.2 Å². The van der Waals surface area contributed by atoms with E-state index in [1.54, 1.807) is 0 Å². The van der Waals surface area contributed by atoms with Crippen molar-refractivity contribution in [2.45, 2.75) is 25.7 Å². The number of carbonyl (C=O) groups is 2. The summed E-state index contributed by atoms with van der Waals surface area (Å²) in [5, 5.41) is 3.56. The number of benzene rings is 1. The highest BCUT2D eigenvalue weighted by molar-refractivity contribution is 6.50. The van der Waals surface area contributed by atoms with Crippen LogP contribution in [0.1, 0.15) is 35.2 Å². The van der Waals surface area contributed by atoms with Gasteiger partial charge in [0.1, 0.15) is 0 Å². The van der Waals surface area contributed by atoms with Gasteiger partial charge in [-0.05, 0) is 49.4 Å². The van der Waals surface area contributed by atoms with Crippen molar-refractivity contribution in [1.82, 2.24) is 14.3 Å². The molecule has 0 bridgehead atoms. The average molecular weight is 395 g/mol. The Morgan fingerprint density at radius 1 is 0.867 bits per heavy atom. The Morgan fingerprint density at radius 3 is 2.50 bits per heavy atom. The molecule has 5 nitrogen and oxygen atoms in total. The molecule has 0 unspecified atom stereocenters. The molecule has 3 aromatic heterocycles. The number of nitrogens with one attached hydrogen (secondary N) is 1. The number of imide groups is 1. The van der Waals surface area contributed by atoms with Gasteiger partial charge in [-0.25, -0.2) is 0 Å². The predicted molar refractivity (Wildman–Crippen MR) is 117 cm³/mol. The van der Waals surface area contributed by atoms with Crippen molar-refractivity contribution in [3.63, 3.8) is 0 Å². The molecule has 148 valence electrons. The Bertz CT molecular complexity index is 1420. The van der Waals surface area contributed by atoms with E-state index in [1.165, 1.54) is 11.3 Å². The first-order valence-corrected chi connectivity index (χ1v) is 10.4. The van der Waals surface area contributed by atoms with Crippen LogP contribution in [0.2, 0.25) is 0 Å². The standard InChI is InChI=1S/C25H21N3O2/c1-27-14-17(15-8-2-4-10-18(15)27)22-23(25(30)26-24(22)29)21-16-9-3-5-11-19(16)28-13-7-6-12-20(21)28/h2,4,6-8,10,12-14H,3,5,9,11H2,1H3,(H,26,29,30). The van der Waals surface area contributed by atoms with Crippen LogP contribution in [-0.4, -0.2) is 20.8 Å². The Labute approximate surface area is 173 Å². The zero-order chi connectivity index (χ0) is 20.4. The number of rotatable bonds is 2. The van der Waals surface area contributed by atoms with Gasteiger partial charge in [0.25, 0.3) is 11.8 Å². The second kappa shape index (κ2) is 6.20. The van der Waals surface area contributed by atoms with Crippen molar-refractivity contribution in [3.8, 4) is 0 Å². The molecule has 0 radical (unpaired) electrons. The fraction of sp³-hybridized carbons (Fsp3) is 0.200. The summed E-state index contributed by atoms with van der Waals surface area (Å²) in [6.07, 6.45) is 8.20. The van der Waals surface area contributed by atoms with Gasteiger partial charge in [-0.3, -0.25) is 14.9 Å². The maximum absolute atomic E-state index is 13.1. The number of pyridine rings is 1. The van der Waals surface area contributed by atoms with Crippen molar-refractivity contribution in [2.24, 2.45) is 7.05 Å². The molecule has 2 amide bonds. The molecule has 1 aliphatic carbocycles. The second-order valence-corrected chi connectivity index (χ2v) is 8.17. The van der Waals surface area contributed by atoms with E-state index < -0.39 is 0 Å². The van der Waals surface area contributed by atoms with Crippen molar-refractivity contribution in [3.05, 3.63) is 77.2 Å². The molecular weight excluding hydrogens is 374 g/mol. The molecule has 1 N–H and O–H groups in total. The Kier molecular flexibility index (Phi) is 3.57. The number of carbonyl (C=O) groups excluding carboxylic acids is 2. The van der Waals surface area contributed by atoms with Crippen molar-refractivity contribution in [1.29, 1.82) is 0 Å². The van der Waals surface area contributed by atoms with Crippen LogP contribution in [0, 0.1) is 0 Å². The van der Waals surface area contributed by atoms with Gasteiger partial charge in [-0.15, -0.1) is 0 Å². The van der Waals surface area contributed by atoms with Crippen LogP contribution in [0.5, 0.6) is 0 Å². The van der Waals surface area contributed by atoms with Gasteiger partial charge >= 0.3 is 0 Å². The van der Waals surface area contributed by atoms with Crippen LogP contribution in [0.25, 0.3) is 27.6 Å². The third-order valence-corrected chi connectivity index (χ3v) is 6.49. The number of fused-ring (bicyclic) bond motifs is 4. The van der Waals surface area contributed by atoms with E-state index in [0.29, 0.717) is 11.1 Å². The van der Waals surface area contributed by atoms with Gasteiger partial charge in [0.15, 0.2) is 0 Å². The predicted octanol–water partition coefficient (Wildman–Crippen LogP) is 3.88. The molecule has 2 aliphatic rings. The summed E-state index contributed by atoms with van der Waals surface area (Å²) in [6, 6.07) is 14.1. The van der Waals surface area contributed by atoms with Crippen LogP contribution in [0.3, 0.4) is 0 Å². The minimum atomic E-state index is -0.314. The lowest BCUT2D eigenvalue weighted by atomic mass is 9.89. The van der Waals surface area contributed by atoms with E-state index in [2.05, 4.69) is 22.0 Å². The molecule has 0 spiro atoms. The monoisotopic (exact) mass is 395 g/mol. The molecule has 1 aromatic carbocycles. The first-order chi connectivity index (χ1) is 14.6. The zero-order valence-electron chi connectivity index (χ0n) is 16.7. The van der Waals surface area contributed by atoms with Crippen molar-refractivity contribution < 1.29 is 9.59 Å². The number of hydrogen-bond acceptors (Lipinski definition) is 2. The molecular formula is C25H21N3O2. The minimum Gasteiger partial charge on any atom is -0.350 e. The normalized spacial score (nSPS) is 16.6. The van der Waals surface area contributed by atoms with Crippen molar-refractivity contribution >= 4 is 39.4 Å². The number of aromatic nitrogens is 2. The highest BCUT2D eigenvalue weighted by atomic mass is 16.2. The topological polar surface area (TPSA) is 55.5 Å². The lowest BCUT2D eigenvalue weighted by Gasteiger charge is -2.13. The molecule has 1 aliphatic heterocycles. The summed E-state index contributed by atoms with van der Waals surface area (Å²) in [6.45, 7) is 0. The van der Waals surface area contributed by atoms with Crippen molar-refractivity contribution in [2.75, 3.05) is 0 Å². The van der Waals surface area contributed by atoms with Gasteiger partial charge in [-0.1, -0.05) is 24.3 Å². The summed E-state index contributed by atoms with van der Waals surface area (Å²) < 4.78 is 4.21. The first kappa shape index (κ1) is 17.3. The van der Waals surface area contributed by atoms with Crippen LogP contribution in [-0.2, 0) is 29.5 Å². The molecule has 4 heterocycles. The zero-order valence-corrected chi connectivity index (χ0v) is 16.7. The molecule has 5 heteroatoms. The van der Waals surface area contributed by atoms with Gasteiger partial charge in [0.05, 0.1) is 16.7 Å². The van der Waals surface area contributed by atoms with Crippen LogP contribution < -0.4 is 5.32 Å². The lowest BCUT2D eigenvalue weighted by molar-refractivity contribution is -0.122. The summed E-state index contributed by atoms with van der Waals surface area (Å²) in [7, 11) is 1.97. The van der Waals surface area contributed by atoms with Crippen LogP contribution in [0.4, 0.5) is 0 Å². The molecule has 0 fully saturated rings. The number of para-hydroxylation sites is 1. The van der Waals surface area contributed by atoms with E-state index in [4.69, 9.17) is 0 Å². The maximum Gasteiger partial charge on any atom is 0.259 e. The average Bonchev–Trinajstić information content (AvgIpc) is 3.37. The number of nitrogens with zero attached hydrogens (tertiary/aromatic N) is 2. The largest absolute Gasteiger partial charge is 0.350 e. The van der Waals surface area contributed by atoms with Gasteiger partial charge < -0.3 is 8.97 Å². The molecule has 0 saturated heterocycles. The quantitative estimate of drug-likeness (QED) is 0.524. The maximum atomic E-state index is 13.1. The molecule has 4 aromatic rings. The summed E-state index contributed by atoms with van der Waals surface area (Å²) >= 11 is 0.